The van der Waals surface area contributed by atoms with Gasteiger partial charge in [-0.2, -0.15) is 13.2 Å². The molecule has 0 atom stereocenters. The van der Waals surface area contributed by atoms with Gasteiger partial charge in [-0.1, -0.05) is 23.4 Å². The van der Waals surface area contributed by atoms with Crippen LogP contribution >= 0.6 is 23.4 Å². The number of nitrogens with zero attached hydrogens (tertiary/aromatic N) is 2. The Morgan fingerprint density at radius 2 is 2.12 bits per heavy atom. The van der Waals surface area contributed by atoms with Gasteiger partial charge in [-0.05, 0) is 18.2 Å². The van der Waals surface area contributed by atoms with E-state index in [1.807, 2.05) is 0 Å². The first kappa shape index (κ1) is 16.8. The summed E-state index contributed by atoms with van der Waals surface area (Å²) in [5.74, 6) is -0.296. The third-order valence-electron chi connectivity index (χ3n) is 3.34. The number of hydrogen-bond acceptors (Lipinski definition) is 4. The number of carbonyl (C=O) groups excluding carboxylic acids is 1. The Kier molecular flexibility index (Phi) is 4.31. The molecule has 24 heavy (non-hydrogen) atoms. The minimum absolute atomic E-state index is 0.114. The fraction of sp³-hybridized carbons (Fsp3) is 0.214. The zero-order chi connectivity index (χ0) is 17.5. The lowest BCUT2D eigenvalue weighted by atomic mass is 10.1. The Balaban J connectivity index is 1.96. The van der Waals surface area contributed by atoms with Crippen molar-refractivity contribution in [3.8, 4) is 0 Å². The van der Waals surface area contributed by atoms with Crippen LogP contribution in [0.15, 0.2) is 34.3 Å². The van der Waals surface area contributed by atoms with Crippen LogP contribution in [0, 0.1) is 0 Å². The maximum Gasteiger partial charge on any atom is 0.418 e. The molecule has 1 aliphatic heterocycles. The summed E-state index contributed by atoms with van der Waals surface area (Å²) in [7, 11) is 0. The second-order valence-electron chi connectivity index (χ2n) is 4.90. The zero-order valence-electron chi connectivity index (χ0n) is 11.9. The predicted molar refractivity (Wildman–Crippen MR) is 83.6 cm³/mol. The van der Waals surface area contributed by atoms with Gasteiger partial charge in [0.25, 0.3) is 11.5 Å². The Morgan fingerprint density at radius 3 is 2.83 bits per heavy atom. The first-order chi connectivity index (χ1) is 11.3. The number of thioether (sulfide) groups is 1. The van der Waals surface area contributed by atoms with Gasteiger partial charge in [0, 0.05) is 23.5 Å². The van der Waals surface area contributed by atoms with Crippen LogP contribution in [0.25, 0.3) is 0 Å². The van der Waals surface area contributed by atoms with E-state index in [9.17, 15) is 22.8 Å². The summed E-state index contributed by atoms with van der Waals surface area (Å²) in [5, 5.41) is 2.49. The van der Waals surface area contributed by atoms with Crippen LogP contribution in [-0.4, -0.2) is 21.2 Å². The van der Waals surface area contributed by atoms with E-state index in [0.717, 1.165) is 12.3 Å². The molecule has 0 saturated carbocycles. The van der Waals surface area contributed by atoms with Gasteiger partial charge in [-0.15, -0.1) is 0 Å². The number of aromatic nitrogens is 2. The molecule has 1 N–H and O–H groups in total. The average molecular weight is 376 g/mol. The Hall–Kier alpha value is -2.00. The Bertz CT molecular complexity index is 883. The number of alkyl halides is 3. The molecule has 126 valence electrons. The lowest BCUT2D eigenvalue weighted by molar-refractivity contribution is -0.136. The third-order valence-corrected chi connectivity index (χ3v) is 4.54. The highest BCUT2D eigenvalue weighted by atomic mass is 35.5. The van der Waals surface area contributed by atoms with Gasteiger partial charge in [0.05, 0.1) is 11.3 Å². The highest BCUT2D eigenvalue weighted by molar-refractivity contribution is 7.99. The van der Waals surface area contributed by atoms with E-state index >= 15 is 0 Å². The van der Waals surface area contributed by atoms with Crippen molar-refractivity contribution >= 4 is 35.0 Å². The molecule has 2 heterocycles. The molecule has 1 aromatic carbocycles. The third kappa shape index (κ3) is 3.13. The molecular formula is C14H9ClF3N3O2S. The zero-order valence-corrected chi connectivity index (χ0v) is 13.4. The van der Waals surface area contributed by atoms with E-state index in [1.54, 1.807) is 0 Å². The molecule has 0 fully saturated rings. The molecule has 10 heteroatoms. The molecular weight excluding hydrogens is 367 g/mol. The maximum atomic E-state index is 13.0. The van der Waals surface area contributed by atoms with E-state index in [-0.39, 0.29) is 10.6 Å². The van der Waals surface area contributed by atoms with Crippen molar-refractivity contribution in [2.45, 2.75) is 17.9 Å². The monoisotopic (exact) mass is 375 g/mol. The van der Waals surface area contributed by atoms with E-state index in [2.05, 4.69) is 10.3 Å². The number of benzene rings is 1. The van der Waals surface area contributed by atoms with Crippen LogP contribution in [0.2, 0.25) is 5.02 Å². The van der Waals surface area contributed by atoms with Crippen molar-refractivity contribution in [3.05, 3.63) is 50.9 Å². The first-order valence-electron chi connectivity index (χ1n) is 6.68. The summed E-state index contributed by atoms with van der Waals surface area (Å²) in [6.45, 7) is 0.404. The van der Waals surface area contributed by atoms with Crippen LogP contribution in [0.5, 0.6) is 0 Å². The van der Waals surface area contributed by atoms with Crippen LogP contribution in [0.1, 0.15) is 15.9 Å². The number of hydrogen-bond donors (Lipinski definition) is 1. The van der Waals surface area contributed by atoms with Gasteiger partial charge in [0.2, 0.25) is 0 Å². The SMILES string of the molecule is O=C(Nc1ccc(Cl)cc1C(F)(F)F)c1cnc2n(c1=O)CCS2. The topological polar surface area (TPSA) is 64.0 Å². The van der Waals surface area contributed by atoms with E-state index in [0.29, 0.717) is 23.5 Å². The average Bonchev–Trinajstić information content (AvgIpc) is 2.97. The van der Waals surface area contributed by atoms with E-state index in [1.165, 1.54) is 22.4 Å². The lowest BCUT2D eigenvalue weighted by Gasteiger charge is -2.14. The standard InChI is InChI=1S/C14H9ClF3N3O2S/c15-7-1-2-10(9(5-7)14(16,17)18)20-11(22)8-6-19-13-21(12(8)23)3-4-24-13/h1-2,5-6H,3-4H2,(H,20,22). The molecule has 3 rings (SSSR count). The Morgan fingerprint density at radius 1 is 1.38 bits per heavy atom. The van der Waals surface area contributed by atoms with Crippen molar-refractivity contribution in [1.29, 1.82) is 0 Å². The number of amides is 1. The molecule has 0 radical (unpaired) electrons. The van der Waals surface area contributed by atoms with Gasteiger partial charge in [-0.25, -0.2) is 4.98 Å². The Labute approximate surface area is 142 Å². The number of halogens is 4. The van der Waals surface area contributed by atoms with Crippen molar-refractivity contribution in [3.63, 3.8) is 0 Å². The highest BCUT2D eigenvalue weighted by Gasteiger charge is 2.34. The molecule has 0 unspecified atom stereocenters. The normalized spacial score (nSPS) is 13.7. The minimum atomic E-state index is -4.70. The summed E-state index contributed by atoms with van der Waals surface area (Å²) in [6, 6.07) is 2.97. The van der Waals surface area contributed by atoms with Gasteiger partial charge in [0.15, 0.2) is 5.16 Å². The van der Waals surface area contributed by atoms with Crippen molar-refractivity contribution < 1.29 is 18.0 Å². The second-order valence-corrected chi connectivity index (χ2v) is 6.40. The lowest BCUT2D eigenvalue weighted by Crippen LogP contribution is -2.30. The molecule has 5 nitrogen and oxygen atoms in total. The summed E-state index contributed by atoms with van der Waals surface area (Å²) < 4.78 is 40.5. The van der Waals surface area contributed by atoms with Gasteiger partial charge in [0.1, 0.15) is 5.56 Å². The number of anilines is 1. The van der Waals surface area contributed by atoms with Gasteiger partial charge in [-0.3, -0.25) is 14.2 Å². The molecule has 1 amide bonds. The molecule has 0 saturated heterocycles. The van der Waals surface area contributed by atoms with Crippen LogP contribution in [0.4, 0.5) is 18.9 Å². The van der Waals surface area contributed by atoms with Crippen molar-refractivity contribution in [1.82, 2.24) is 9.55 Å². The summed E-state index contributed by atoms with van der Waals surface area (Å²) in [6.07, 6.45) is -3.62. The van der Waals surface area contributed by atoms with Crippen LogP contribution < -0.4 is 10.9 Å². The van der Waals surface area contributed by atoms with Crippen LogP contribution in [0.3, 0.4) is 0 Å². The number of nitrogens with one attached hydrogen (secondary N) is 1. The number of carbonyl (C=O) groups is 1. The fourth-order valence-electron chi connectivity index (χ4n) is 2.22. The summed E-state index contributed by atoms with van der Waals surface area (Å²) in [4.78, 5) is 28.5. The van der Waals surface area contributed by atoms with Crippen molar-refractivity contribution in [2.75, 3.05) is 11.1 Å². The predicted octanol–water partition coefficient (Wildman–Crippen LogP) is 3.27. The van der Waals surface area contributed by atoms with Gasteiger partial charge < -0.3 is 5.32 Å². The number of fused-ring (bicyclic) bond motifs is 1. The van der Waals surface area contributed by atoms with Crippen LogP contribution in [-0.2, 0) is 12.7 Å². The first-order valence-corrected chi connectivity index (χ1v) is 8.04. The largest absolute Gasteiger partial charge is 0.418 e. The molecule has 0 spiro atoms. The molecule has 1 aliphatic rings. The molecule has 2 aromatic rings. The summed E-state index contributed by atoms with van der Waals surface area (Å²) in [5.41, 5.74) is -2.46. The van der Waals surface area contributed by atoms with E-state index in [4.69, 9.17) is 11.6 Å². The van der Waals surface area contributed by atoms with Crippen molar-refractivity contribution in [2.24, 2.45) is 0 Å². The van der Waals surface area contributed by atoms with E-state index < -0.39 is 28.9 Å². The highest BCUT2D eigenvalue weighted by Crippen LogP contribution is 2.36. The molecule has 1 aromatic heterocycles. The maximum absolute atomic E-state index is 13.0. The molecule has 0 bridgehead atoms. The quantitative estimate of drug-likeness (QED) is 0.818. The fourth-order valence-corrected chi connectivity index (χ4v) is 3.31. The van der Waals surface area contributed by atoms with Gasteiger partial charge >= 0.3 is 6.18 Å². The number of rotatable bonds is 2. The molecule has 0 aliphatic carbocycles. The summed E-state index contributed by atoms with van der Waals surface area (Å²) >= 11 is 6.96. The second kappa shape index (κ2) is 6.14. The smallest absolute Gasteiger partial charge is 0.321 e. The minimum Gasteiger partial charge on any atom is -0.321 e.